The van der Waals surface area contributed by atoms with Gasteiger partial charge in [-0.2, -0.15) is 4.80 Å². The Kier molecular flexibility index (Phi) is 5.03. The van der Waals surface area contributed by atoms with E-state index < -0.39 is 10.8 Å². The highest BCUT2D eigenvalue weighted by Crippen LogP contribution is 2.27. The Labute approximate surface area is 175 Å². The van der Waals surface area contributed by atoms with E-state index >= 15 is 0 Å². The molecule has 0 radical (unpaired) electrons. The maximum atomic E-state index is 12.4. The van der Waals surface area contributed by atoms with Crippen LogP contribution in [0.4, 0.5) is 11.4 Å². The number of nitro groups is 1. The molecule has 0 aliphatic heterocycles. The lowest BCUT2D eigenvalue weighted by Gasteiger charge is -2.05. The number of hydrogen-bond acceptors (Lipinski definition) is 6. The molecule has 1 amide bonds. The van der Waals surface area contributed by atoms with Crippen molar-refractivity contribution in [1.29, 1.82) is 0 Å². The summed E-state index contributed by atoms with van der Waals surface area (Å²) in [5.74, 6) is 0.159. The monoisotopic (exact) mass is 423 g/mol. The van der Waals surface area contributed by atoms with Crippen molar-refractivity contribution in [3.63, 3.8) is 0 Å². The molecule has 1 heterocycles. The summed E-state index contributed by atoms with van der Waals surface area (Å²) in [5, 5.41) is 22.8. The van der Waals surface area contributed by atoms with Crippen LogP contribution in [0.25, 0.3) is 16.7 Å². The fourth-order valence-electron chi connectivity index (χ4n) is 2.83. The second kappa shape index (κ2) is 7.80. The van der Waals surface area contributed by atoms with Crippen LogP contribution in [0.1, 0.15) is 10.4 Å². The Hall–Kier alpha value is -3.98. The van der Waals surface area contributed by atoms with Crippen molar-refractivity contribution in [3.8, 4) is 11.4 Å². The minimum absolute atomic E-state index is 0.0804. The van der Waals surface area contributed by atoms with E-state index in [-0.39, 0.29) is 5.69 Å². The number of carbonyl (C=O) groups is 1. The van der Waals surface area contributed by atoms with Crippen LogP contribution in [-0.2, 0) is 0 Å². The van der Waals surface area contributed by atoms with Gasteiger partial charge in [-0.15, -0.1) is 10.2 Å². The van der Waals surface area contributed by atoms with Gasteiger partial charge >= 0.3 is 0 Å². The molecule has 0 aliphatic rings. The number of benzene rings is 3. The molecule has 3 aromatic carbocycles. The fourth-order valence-corrected chi connectivity index (χ4v) is 3.08. The number of nitrogens with one attached hydrogen (secondary N) is 1. The molecule has 0 saturated carbocycles. The van der Waals surface area contributed by atoms with Crippen LogP contribution in [0.2, 0.25) is 5.02 Å². The minimum atomic E-state index is -0.519. The number of anilines is 1. The zero-order valence-electron chi connectivity index (χ0n) is 15.6. The van der Waals surface area contributed by atoms with E-state index in [2.05, 4.69) is 15.5 Å². The maximum Gasteiger partial charge on any atom is 0.269 e. The lowest BCUT2D eigenvalue weighted by molar-refractivity contribution is -0.384. The summed E-state index contributed by atoms with van der Waals surface area (Å²) in [6.07, 6.45) is 0. The molecular formula is C20H14ClN5O4. The van der Waals surface area contributed by atoms with Crippen molar-refractivity contribution in [1.82, 2.24) is 15.0 Å². The first-order chi connectivity index (χ1) is 14.4. The molecule has 9 nitrogen and oxygen atoms in total. The third-order valence-electron chi connectivity index (χ3n) is 4.34. The molecule has 0 saturated heterocycles. The summed E-state index contributed by atoms with van der Waals surface area (Å²) >= 11 is 6.17. The van der Waals surface area contributed by atoms with E-state index in [4.69, 9.17) is 16.3 Å². The number of ether oxygens (including phenoxy) is 1. The summed E-state index contributed by atoms with van der Waals surface area (Å²) < 4.78 is 5.15. The summed E-state index contributed by atoms with van der Waals surface area (Å²) in [4.78, 5) is 24.1. The molecule has 10 heteroatoms. The van der Waals surface area contributed by atoms with Gasteiger partial charge in [-0.25, -0.2) is 0 Å². The van der Waals surface area contributed by atoms with Crippen LogP contribution in [0, 0.1) is 10.1 Å². The number of halogens is 1. The number of rotatable bonds is 5. The number of aromatic nitrogens is 3. The van der Waals surface area contributed by atoms with Crippen LogP contribution >= 0.6 is 11.6 Å². The highest BCUT2D eigenvalue weighted by Gasteiger charge is 2.12. The highest BCUT2D eigenvalue weighted by molar-refractivity contribution is 6.32. The molecule has 0 aliphatic carbocycles. The van der Waals surface area contributed by atoms with E-state index in [0.29, 0.717) is 38.7 Å². The zero-order valence-corrected chi connectivity index (χ0v) is 16.3. The number of hydrogen-bond donors (Lipinski definition) is 1. The molecule has 0 bridgehead atoms. The first kappa shape index (κ1) is 19.3. The lowest BCUT2D eigenvalue weighted by atomic mass is 10.2. The number of amides is 1. The summed E-state index contributed by atoms with van der Waals surface area (Å²) in [6.45, 7) is 0. The standard InChI is InChI=1S/C20H14ClN5O4/c1-30-19-9-7-15(11-16(19)21)25-23-17-8-4-13(10-18(17)24-25)22-20(27)12-2-5-14(6-3-12)26(28)29/h2-11H,1H3,(H,22,27). The van der Waals surface area contributed by atoms with Crippen molar-refractivity contribution in [2.45, 2.75) is 0 Å². The van der Waals surface area contributed by atoms with Crippen molar-refractivity contribution in [2.24, 2.45) is 0 Å². The predicted molar refractivity (Wildman–Crippen MR) is 111 cm³/mol. The fraction of sp³-hybridized carbons (Fsp3) is 0.0500. The Morgan fingerprint density at radius 2 is 1.80 bits per heavy atom. The first-order valence-electron chi connectivity index (χ1n) is 8.71. The summed E-state index contributed by atoms with van der Waals surface area (Å²) in [7, 11) is 1.54. The molecule has 1 N–H and O–H groups in total. The number of non-ortho nitro benzene ring substituents is 1. The Morgan fingerprint density at radius 1 is 1.07 bits per heavy atom. The van der Waals surface area contributed by atoms with Gasteiger partial charge in [-0.1, -0.05) is 11.6 Å². The van der Waals surface area contributed by atoms with Crippen LogP contribution in [0.5, 0.6) is 5.75 Å². The van der Waals surface area contributed by atoms with Crippen LogP contribution in [-0.4, -0.2) is 32.9 Å². The summed E-state index contributed by atoms with van der Waals surface area (Å²) in [5.41, 5.74) is 2.61. The first-order valence-corrected chi connectivity index (χ1v) is 9.09. The van der Waals surface area contributed by atoms with Crippen LogP contribution < -0.4 is 10.1 Å². The molecule has 0 atom stereocenters. The van der Waals surface area contributed by atoms with Gasteiger partial charge in [0.25, 0.3) is 11.6 Å². The van der Waals surface area contributed by atoms with Crippen molar-refractivity contribution in [2.75, 3.05) is 12.4 Å². The molecule has 0 fully saturated rings. The smallest absolute Gasteiger partial charge is 0.269 e. The molecular weight excluding hydrogens is 410 g/mol. The molecule has 150 valence electrons. The molecule has 0 unspecified atom stereocenters. The molecule has 4 aromatic rings. The minimum Gasteiger partial charge on any atom is -0.495 e. The Bertz CT molecular complexity index is 1270. The third-order valence-corrected chi connectivity index (χ3v) is 4.64. The second-order valence-corrected chi connectivity index (χ2v) is 6.68. The molecule has 0 spiro atoms. The average molecular weight is 424 g/mol. The highest BCUT2D eigenvalue weighted by atomic mass is 35.5. The quantitative estimate of drug-likeness (QED) is 0.379. The van der Waals surface area contributed by atoms with E-state index in [1.54, 1.807) is 36.4 Å². The number of methoxy groups -OCH3 is 1. The number of fused-ring (bicyclic) bond motifs is 1. The van der Waals surface area contributed by atoms with Crippen molar-refractivity contribution >= 4 is 39.9 Å². The number of nitro benzene ring substituents is 1. The zero-order chi connectivity index (χ0) is 21.3. The summed E-state index contributed by atoms with van der Waals surface area (Å²) in [6, 6.07) is 15.7. The van der Waals surface area contributed by atoms with Crippen molar-refractivity contribution < 1.29 is 14.5 Å². The topological polar surface area (TPSA) is 112 Å². The van der Waals surface area contributed by atoms with Gasteiger partial charge < -0.3 is 10.1 Å². The van der Waals surface area contributed by atoms with E-state index in [0.717, 1.165) is 0 Å². The van der Waals surface area contributed by atoms with Crippen LogP contribution in [0.3, 0.4) is 0 Å². The van der Waals surface area contributed by atoms with Gasteiger partial charge in [0.05, 0.1) is 22.7 Å². The van der Waals surface area contributed by atoms with Gasteiger partial charge in [-0.3, -0.25) is 14.9 Å². The molecule has 30 heavy (non-hydrogen) atoms. The largest absolute Gasteiger partial charge is 0.495 e. The number of nitrogens with zero attached hydrogens (tertiary/aromatic N) is 4. The Balaban J connectivity index is 1.57. The van der Waals surface area contributed by atoms with Crippen molar-refractivity contribution in [3.05, 3.63) is 81.4 Å². The third kappa shape index (κ3) is 3.78. The predicted octanol–water partition coefficient (Wildman–Crippen LogP) is 4.24. The molecule has 1 aromatic heterocycles. The second-order valence-electron chi connectivity index (χ2n) is 6.27. The van der Waals surface area contributed by atoms with E-state index in [1.165, 1.54) is 36.2 Å². The normalized spacial score (nSPS) is 10.7. The van der Waals surface area contributed by atoms with E-state index in [1.807, 2.05) is 0 Å². The maximum absolute atomic E-state index is 12.4. The van der Waals surface area contributed by atoms with Gasteiger partial charge in [-0.05, 0) is 48.5 Å². The van der Waals surface area contributed by atoms with Gasteiger partial charge in [0.1, 0.15) is 16.8 Å². The lowest BCUT2D eigenvalue weighted by Crippen LogP contribution is -2.11. The van der Waals surface area contributed by atoms with Gasteiger partial charge in [0, 0.05) is 23.4 Å². The van der Waals surface area contributed by atoms with Crippen LogP contribution in [0.15, 0.2) is 60.7 Å². The van der Waals surface area contributed by atoms with Gasteiger partial charge in [0.15, 0.2) is 0 Å². The molecule has 4 rings (SSSR count). The average Bonchev–Trinajstić information content (AvgIpc) is 3.17. The Morgan fingerprint density at radius 3 is 2.47 bits per heavy atom. The van der Waals surface area contributed by atoms with Gasteiger partial charge in [0.2, 0.25) is 0 Å². The van der Waals surface area contributed by atoms with E-state index in [9.17, 15) is 14.9 Å². The SMILES string of the molecule is COc1ccc(-n2nc3ccc(NC(=O)c4ccc([N+](=O)[O-])cc4)cc3n2)cc1Cl. The number of carbonyl (C=O) groups excluding carboxylic acids is 1.